The van der Waals surface area contributed by atoms with Crippen LogP contribution in [-0.2, 0) is 6.54 Å². The van der Waals surface area contributed by atoms with Crippen molar-refractivity contribution in [3.63, 3.8) is 0 Å². The average molecular weight is 392 g/mol. The highest BCUT2D eigenvalue weighted by atomic mass is 16.2. The molecular formula is C23H29N5O. The van der Waals surface area contributed by atoms with E-state index in [1.165, 1.54) is 5.56 Å². The minimum Gasteiger partial charge on any atom is -0.384 e. The first-order valence-corrected chi connectivity index (χ1v) is 10.4. The number of nitrogen functional groups attached to an aromatic ring is 1. The molecule has 3 N–H and O–H groups in total. The van der Waals surface area contributed by atoms with E-state index in [-0.39, 0.29) is 11.9 Å². The molecule has 2 saturated heterocycles. The highest BCUT2D eigenvalue weighted by molar-refractivity contribution is 5.98. The van der Waals surface area contributed by atoms with E-state index in [9.17, 15) is 4.79 Å². The molecule has 2 amide bonds. The van der Waals surface area contributed by atoms with Gasteiger partial charge in [-0.05, 0) is 37.0 Å². The van der Waals surface area contributed by atoms with Crippen LogP contribution in [-0.4, -0.2) is 53.9 Å². The SMILES string of the molecule is N=C(N)c1cccc(N2CCCN(C3CCN(Cc4ccccc4)CC3)C2=O)c1. The van der Waals surface area contributed by atoms with Crippen LogP contribution in [0.15, 0.2) is 54.6 Å². The molecule has 0 aromatic heterocycles. The van der Waals surface area contributed by atoms with Crippen molar-refractivity contribution >= 4 is 17.6 Å². The normalized spacial score (nSPS) is 18.8. The number of amides is 2. The van der Waals surface area contributed by atoms with Crippen molar-refractivity contribution in [3.8, 4) is 0 Å². The second-order valence-electron chi connectivity index (χ2n) is 7.94. The first-order chi connectivity index (χ1) is 14.1. The molecule has 0 radical (unpaired) electrons. The van der Waals surface area contributed by atoms with Gasteiger partial charge in [-0.25, -0.2) is 4.79 Å². The Bertz CT molecular complexity index is 861. The predicted octanol–water partition coefficient (Wildman–Crippen LogP) is 3.27. The summed E-state index contributed by atoms with van der Waals surface area (Å²) in [5.74, 6) is 0.0268. The van der Waals surface area contributed by atoms with Crippen LogP contribution in [0.2, 0.25) is 0 Å². The number of anilines is 1. The summed E-state index contributed by atoms with van der Waals surface area (Å²) in [5, 5.41) is 7.65. The largest absolute Gasteiger partial charge is 0.384 e. The Morgan fingerprint density at radius 2 is 1.76 bits per heavy atom. The predicted molar refractivity (Wildman–Crippen MR) is 116 cm³/mol. The molecule has 0 spiro atoms. The molecule has 6 nitrogen and oxygen atoms in total. The second-order valence-corrected chi connectivity index (χ2v) is 7.94. The molecule has 0 atom stereocenters. The number of carbonyl (C=O) groups excluding carboxylic acids is 1. The highest BCUT2D eigenvalue weighted by Crippen LogP contribution is 2.26. The van der Waals surface area contributed by atoms with Gasteiger partial charge >= 0.3 is 6.03 Å². The molecule has 2 aromatic carbocycles. The number of benzene rings is 2. The lowest BCUT2D eigenvalue weighted by Crippen LogP contribution is -2.55. The number of amidine groups is 1. The summed E-state index contributed by atoms with van der Waals surface area (Å²) in [6, 6.07) is 18.4. The zero-order chi connectivity index (χ0) is 20.2. The van der Waals surface area contributed by atoms with Crippen LogP contribution in [0.25, 0.3) is 0 Å². The van der Waals surface area contributed by atoms with Crippen molar-refractivity contribution in [1.82, 2.24) is 9.80 Å². The summed E-state index contributed by atoms with van der Waals surface area (Å²) < 4.78 is 0. The Morgan fingerprint density at radius 1 is 1.00 bits per heavy atom. The Kier molecular flexibility index (Phi) is 5.81. The van der Waals surface area contributed by atoms with Crippen molar-refractivity contribution in [1.29, 1.82) is 5.41 Å². The van der Waals surface area contributed by atoms with Crippen LogP contribution in [0, 0.1) is 5.41 Å². The van der Waals surface area contributed by atoms with Gasteiger partial charge in [-0.1, -0.05) is 42.5 Å². The first-order valence-electron chi connectivity index (χ1n) is 10.4. The molecule has 0 saturated carbocycles. The van der Waals surface area contributed by atoms with Gasteiger partial charge in [0.15, 0.2) is 0 Å². The number of rotatable bonds is 5. The van der Waals surface area contributed by atoms with E-state index in [0.29, 0.717) is 18.2 Å². The fourth-order valence-electron chi connectivity index (χ4n) is 4.40. The van der Waals surface area contributed by atoms with Crippen LogP contribution in [0.4, 0.5) is 10.5 Å². The maximum atomic E-state index is 13.2. The monoisotopic (exact) mass is 391 g/mol. The van der Waals surface area contributed by atoms with Crippen LogP contribution in [0.5, 0.6) is 0 Å². The maximum Gasteiger partial charge on any atom is 0.324 e. The number of urea groups is 1. The molecule has 6 heteroatoms. The minimum absolute atomic E-state index is 0.0268. The molecule has 2 aromatic rings. The highest BCUT2D eigenvalue weighted by Gasteiger charge is 2.33. The number of piperidine rings is 1. The fourth-order valence-corrected chi connectivity index (χ4v) is 4.40. The van der Waals surface area contributed by atoms with Crippen molar-refractivity contribution in [2.24, 2.45) is 5.73 Å². The van der Waals surface area contributed by atoms with Gasteiger partial charge in [-0.3, -0.25) is 15.2 Å². The molecule has 2 heterocycles. The summed E-state index contributed by atoms with van der Waals surface area (Å²) in [6.07, 6.45) is 2.99. The molecule has 2 fully saturated rings. The Labute approximate surface area is 172 Å². The van der Waals surface area contributed by atoms with E-state index in [0.717, 1.165) is 51.1 Å². The third kappa shape index (κ3) is 4.43. The summed E-state index contributed by atoms with van der Waals surface area (Å²) in [4.78, 5) is 19.6. The number of hydrogen-bond acceptors (Lipinski definition) is 3. The van der Waals surface area contributed by atoms with E-state index in [4.69, 9.17) is 11.1 Å². The molecule has 29 heavy (non-hydrogen) atoms. The van der Waals surface area contributed by atoms with Gasteiger partial charge in [-0.2, -0.15) is 0 Å². The van der Waals surface area contributed by atoms with Gasteiger partial charge in [0, 0.05) is 50.0 Å². The zero-order valence-electron chi connectivity index (χ0n) is 16.8. The van der Waals surface area contributed by atoms with Crippen LogP contribution < -0.4 is 10.6 Å². The van der Waals surface area contributed by atoms with E-state index >= 15 is 0 Å². The Balaban J connectivity index is 1.39. The average Bonchev–Trinajstić information content (AvgIpc) is 2.75. The lowest BCUT2D eigenvalue weighted by Gasteiger charge is -2.43. The second kappa shape index (κ2) is 8.66. The summed E-state index contributed by atoms with van der Waals surface area (Å²) in [6.45, 7) is 4.55. The van der Waals surface area contributed by atoms with Crippen molar-refractivity contribution in [3.05, 3.63) is 65.7 Å². The fraction of sp³-hybridized carbons (Fsp3) is 0.391. The van der Waals surface area contributed by atoms with E-state index in [2.05, 4.69) is 40.1 Å². The van der Waals surface area contributed by atoms with E-state index in [1.807, 2.05) is 23.1 Å². The molecule has 0 bridgehead atoms. The van der Waals surface area contributed by atoms with Crippen molar-refractivity contribution in [2.45, 2.75) is 31.8 Å². The Hall–Kier alpha value is -2.86. The molecular weight excluding hydrogens is 362 g/mol. The van der Waals surface area contributed by atoms with Gasteiger partial charge in [-0.15, -0.1) is 0 Å². The maximum absolute atomic E-state index is 13.2. The van der Waals surface area contributed by atoms with Gasteiger partial charge in [0.05, 0.1) is 0 Å². The first kappa shape index (κ1) is 19.5. The van der Waals surface area contributed by atoms with E-state index < -0.39 is 0 Å². The van der Waals surface area contributed by atoms with Crippen molar-refractivity contribution in [2.75, 3.05) is 31.1 Å². The molecule has 4 rings (SSSR count). The number of nitrogens with zero attached hydrogens (tertiary/aromatic N) is 3. The standard InChI is InChI=1S/C23H29N5O/c24-22(25)19-8-4-9-21(16-19)28-13-5-12-27(23(28)29)20-10-14-26(15-11-20)17-18-6-2-1-3-7-18/h1-4,6-9,16,20H,5,10-15,17H2,(H3,24,25). The molecule has 0 unspecified atom stereocenters. The zero-order valence-corrected chi connectivity index (χ0v) is 16.8. The van der Waals surface area contributed by atoms with Gasteiger partial charge in [0.1, 0.15) is 5.84 Å². The van der Waals surface area contributed by atoms with E-state index in [1.54, 1.807) is 6.07 Å². The number of carbonyl (C=O) groups is 1. The van der Waals surface area contributed by atoms with Gasteiger partial charge in [0.2, 0.25) is 0 Å². The topological polar surface area (TPSA) is 76.7 Å². The summed E-state index contributed by atoms with van der Waals surface area (Å²) in [7, 11) is 0. The third-order valence-corrected chi connectivity index (χ3v) is 5.97. The summed E-state index contributed by atoms with van der Waals surface area (Å²) >= 11 is 0. The van der Waals surface area contributed by atoms with Crippen molar-refractivity contribution < 1.29 is 4.79 Å². The van der Waals surface area contributed by atoms with Gasteiger partial charge < -0.3 is 10.6 Å². The third-order valence-electron chi connectivity index (χ3n) is 5.97. The van der Waals surface area contributed by atoms with Crippen LogP contribution in [0.1, 0.15) is 30.4 Å². The number of nitrogens with one attached hydrogen (secondary N) is 1. The molecule has 2 aliphatic heterocycles. The molecule has 0 aliphatic carbocycles. The quantitative estimate of drug-likeness (QED) is 0.607. The van der Waals surface area contributed by atoms with Crippen LogP contribution in [0.3, 0.4) is 0 Å². The summed E-state index contributed by atoms with van der Waals surface area (Å²) in [5.41, 5.74) is 8.45. The number of hydrogen-bond donors (Lipinski definition) is 2. The lowest BCUT2D eigenvalue weighted by atomic mass is 10.0. The number of likely N-dealkylation sites (tertiary alicyclic amines) is 1. The number of nitrogens with two attached hydrogens (primary N) is 1. The minimum atomic E-state index is 0.0268. The smallest absolute Gasteiger partial charge is 0.324 e. The van der Waals surface area contributed by atoms with Gasteiger partial charge in [0.25, 0.3) is 0 Å². The van der Waals surface area contributed by atoms with Crippen LogP contribution >= 0.6 is 0 Å². The molecule has 152 valence electrons. The lowest BCUT2D eigenvalue weighted by molar-refractivity contribution is 0.114. The Morgan fingerprint density at radius 3 is 2.48 bits per heavy atom. The molecule has 2 aliphatic rings.